The molecule has 0 spiro atoms. The Bertz CT molecular complexity index is 415. The number of nitrogens with one attached hydrogen (secondary N) is 1. The first-order valence-corrected chi connectivity index (χ1v) is 7.31. The molecule has 0 amide bonds. The number of aromatic hydroxyl groups is 1. The topological polar surface area (TPSA) is 35.5 Å². The van der Waals surface area contributed by atoms with Gasteiger partial charge in [0.1, 0.15) is 5.75 Å². The average molecular weight is 437 g/mol. The van der Waals surface area contributed by atoms with Crippen LogP contribution in [0.4, 0.5) is 0 Å². The van der Waals surface area contributed by atoms with Gasteiger partial charge < -0.3 is 10.4 Å². The summed E-state index contributed by atoms with van der Waals surface area (Å²) in [7, 11) is 0. The van der Waals surface area contributed by atoms with Crippen molar-refractivity contribution in [3.8, 4) is 5.75 Å². The monoisotopic (exact) mass is 434 g/mol. The van der Waals surface area contributed by atoms with E-state index >= 15 is 0 Å². The number of hydrogen-bond donors (Lipinski definition) is 2. The molecule has 110 valence electrons. The Morgan fingerprint density at radius 3 is 2.37 bits per heavy atom. The molecule has 1 saturated heterocycles. The fourth-order valence-electron chi connectivity index (χ4n) is 2.17. The van der Waals surface area contributed by atoms with E-state index in [-0.39, 0.29) is 30.9 Å². The number of rotatable bonds is 2. The summed E-state index contributed by atoms with van der Waals surface area (Å²) in [5, 5.41) is 13.4. The molecule has 2 N–H and O–H groups in total. The molecular weight excluding hydrogens is 419 g/mol. The second-order valence-electron chi connectivity index (χ2n) is 4.29. The first-order valence-electron chi connectivity index (χ1n) is 5.72. The molecule has 3 nitrogen and oxygen atoms in total. The first-order chi connectivity index (χ1) is 8.09. The highest BCUT2D eigenvalue weighted by Crippen LogP contribution is 2.37. The van der Waals surface area contributed by atoms with Crippen molar-refractivity contribution < 1.29 is 5.11 Å². The van der Waals surface area contributed by atoms with E-state index < -0.39 is 0 Å². The lowest BCUT2D eigenvalue weighted by molar-refractivity contribution is 0.183. The fourth-order valence-corrected chi connectivity index (χ4v) is 3.43. The van der Waals surface area contributed by atoms with Crippen molar-refractivity contribution in [1.29, 1.82) is 0 Å². The van der Waals surface area contributed by atoms with Gasteiger partial charge in [-0.1, -0.05) is 15.9 Å². The zero-order valence-electron chi connectivity index (χ0n) is 10.5. The Hall–Kier alpha value is 0.480. The van der Waals surface area contributed by atoms with Gasteiger partial charge >= 0.3 is 0 Å². The molecule has 2 rings (SSSR count). The largest absolute Gasteiger partial charge is 0.506 e. The summed E-state index contributed by atoms with van der Waals surface area (Å²) >= 11 is 6.85. The third-order valence-corrected chi connectivity index (χ3v) is 4.27. The minimum atomic E-state index is 0. The normalized spacial score (nSPS) is 17.2. The zero-order valence-corrected chi connectivity index (χ0v) is 15.3. The Morgan fingerprint density at radius 1 is 1.21 bits per heavy atom. The third kappa shape index (κ3) is 4.76. The lowest BCUT2D eigenvalue weighted by Gasteiger charge is -2.33. The highest BCUT2D eigenvalue weighted by molar-refractivity contribution is 9.11. The SMILES string of the molecule is C[C@@H](c1cc(Br)cc(Br)c1O)N1CCNCC1.Cl.Cl. The zero-order chi connectivity index (χ0) is 12.4. The molecule has 0 unspecified atom stereocenters. The number of phenols is 1. The van der Waals surface area contributed by atoms with Crippen LogP contribution in [0.15, 0.2) is 21.1 Å². The van der Waals surface area contributed by atoms with Gasteiger partial charge in [-0.25, -0.2) is 0 Å². The summed E-state index contributed by atoms with van der Waals surface area (Å²) < 4.78 is 1.73. The van der Waals surface area contributed by atoms with Crippen LogP contribution in [0.3, 0.4) is 0 Å². The molecule has 0 aliphatic carbocycles. The van der Waals surface area contributed by atoms with E-state index in [1.54, 1.807) is 0 Å². The van der Waals surface area contributed by atoms with Gasteiger partial charge in [-0.3, -0.25) is 4.90 Å². The van der Waals surface area contributed by atoms with E-state index in [4.69, 9.17) is 0 Å². The lowest BCUT2D eigenvalue weighted by atomic mass is 10.1. The van der Waals surface area contributed by atoms with Gasteiger partial charge in [-0.15, -0.1) is 24.8 Å². The smallest absolute Gasteiger partial charge is 0.134 e. The number of phenolic OH excluding ortho intramolecular Hbond substituents is 1. The molecule has 1 aliphatic heterocycles. The van der Waals surface area contributed by atoms with Gasteiger partial charge in [0.15, 0.2) is 0 Å². The number of benzene rings is 1. The third-order valence-electron chi connectivity index (χ3n) is 3.21. The van der Waals surface area contributed by atoms with Crippen molar-refractivity contribution in [3.63, 3.8) is 0 Å². The molecular formula is C12H18Br2Cl2N2O. The maximum atomic E-state index is 10.1. The number of hydrogen-bond acceptors (Lipinski definition) is 3. The summed E-state index contributed by atoms with van der Waals surface area (Å²) in [6.45, 7) is 6.20. The van der Waals surface area contributed by atoms with E-state index in [1.165, 1.54) is 0 Å². The van der Waals surface area contributed by atoms with Crippen LogP contribution in [0, 0.1) is 0 Å². The summed E-state index contributed by atoms with van der Waals surface area (Å²) in [5.41, 5.74) is 0.966. The quantitative estimate of drug-likeness (QED) is 0.741. The van der Waals surface area contributed by atoms with Gasteiger partial charge in [-0.05, 0) is 35.0 Å². The molecule has 0 aromatic heterocycles. The number of halogens is 4. The average Bonchev–Trinajstić information content (AvgIpc) is 2.34. The summed E-state index contributed by atoms with van der Waals surface area (Å²) in [6.07, 6.45) is 0. The van der Waals surface area contributed by atoms with Crippen molar-refractivity contribution >= 4 is 56.7 Å². The minimum absolute atomic E-state index is 0. The molecule has 0 radical (unpaired) electrons. The van der Waals surface area contributed by atoms with E-state index in [0.29, 0.717) is 5.75 Å². The predicted octanol–water partition coefficient (Wildman–Crippen LogP) is 3.73. The van der Waals surface area contributed by atoms with Gasteiger partial charge in [0.2, 0.25) is 0 Å². The number of piperazine rings is 1. The first kappa shape index (κ1) is 19.5. The molecule has 19 heavy (non-hydrogen) atoms. The second-order valence-corrected chi connectivity index (χ2v) is 6.06. The van der Waals surface area contributed by atoms with Crippen LogP contribution in [0.25, 0.3) is 0 Å². The summed E-state index contributed by atoms with van der Waals surface area (Å²) in [6, 6.07) is 4.08. The minimum Gasteiger partial charge on any atom is -0.506 e. The van der Waals surface area contributed by atoms with Crippen LogP contribution < -0.4 is 5.32 Å². The van der Waals surface area contributed by atoms with Crippen LogP contribution in [0.1, 0.15) is 18.5 Å². The van der Waals surface area contributed by atoms with E-state index in [0.717, 1.165) is 40.7 Å². The van der Waals surface area contributed by atoms with E-state index in [9.17, 15) is 5.11 Å². The Morgan fingerprint density at radius 2 is 1.79 bits per heavy atom. The fraction of sp³-hybridized carbons (Fsp3) is 0.500. The van der Waals surface area contributed by atoms with Gasteiger partial charge in [0.25, 0.3) is 0 Å². The van der Waals surface area contributed by atoms with Crippen molar-refractivity contribution in [2.24, 2.45) is 0 Å². The van der Waals surface area contributed by atoms with Crippen LogP contribution in [-0.4, -0.2) is 36.2 Å². The second kappa shape index (κ2) is 8.70. The molecule has 0 saturated carbocycles. The molecule has 1 heterocycles. The number of nitrogens with zero attached hydrogens (tertiary/aromatic N) is 1. The molecule has 1 aromatic rings. The Labute approximate surface area is 143 Å². The predicted molar refractivity (Wildman–Crippen MR) is 90.9 cm³/mol. The standard InChI is InChI=1S/C12H16Br2N2O.2ClH/c1-8(16-4-2-15-3-5-16)10-6-9(13)7-11(14)12(10)17;;/h6-8,15,17H,2-5H2,1H3;2*1H/t8-;;/m0../s1. The lowest BCUT2D eigenvalue weighted by Crippen LogP contribution is -2.44. The van der Waals surface area contributed by atoms with E-state index in [2.05, 4.69) is 49.0 Å². The highest BCUT2D eigenvalue weighted by atomic mass is 79.9. The van der Waals surface area contributed by atoms with Crippen LogP contribution in [-0.2, 0) is 0 Å². The maximum Gasteiger partial charge on any atom is 0.134 e. The van der Waals surface area contributed by atoms with Crippen molar-refractivity contribution in [3.05, 3.63) is 26.6 Å². The van der Waals surface area contributed by atoms with Crippen LogP contribution >= 0.6 is 56.7 Å². The van der Waals surface area contributed by atoms with Crippen molar-refractivity contribution in [1.82, 2.24) is 10.2 Å². The highest BCUT2D eigenvalue weighted by Gasteiger charge is 2.21. The van der Waals surface area contributed by atoms with E-state index in [1.807, 2.05) is 12.1 Å². The van der Waals surface area contributed by atoms with Crippen LogP contribution in [0.2, 0.25) is 0 Å². The van der Waals surface area contributed by atoms with Gasteiger partial charge in [0.05, 0.1) is 4.47 Å². The molecule has 0 bridgehead atoms. The summed E-state index contributed by atoms with van der Waals surface area (Å²) in [4.78, 5) is 2.38. The summed E-state index contributed by atoms with van der Waals surface area (Å²) in [5.74, 6) is 0.347. The van der Waals surface area contributed by atoms with Gasteiger partial charge in [0, 0.05) is 42.3 Å². The molecule has 1 fully saturated rings. The molecule has 1 aromatic carbocycles. The maximum absolute atomic E-state index is 10.1. The van der Waals surface area contributed by atoms with Crippen LogP contribution in [0.5, 0.6) is 5.75 Å². The molecule has 1 aliphatic rings. The van der Waals surface area contributed by atoms with Crippen molar-refractivity contribution in [2.75, 3.05) is 26.2 Å². The van der Waals surface area contributed by atoms with Gasteiger partial charge in [-0.2, -0.15) is 0 Å². The molecule has 1 atom stereocenters. The Balaban J connectivity index is 0.00000162. The van der Waals surface area contributed by atoms with Crippen molar-refractivity contribution in [2.45, 2.75) is 13.0 Å². The Kier molecular flexibility index (Phi) is 8.92. The molecule has 7 heteroatoms.